The second-order valence-electron chi connectivity index (χ2n) is 10.8. The average Bonchev–Trinajstić information content (AvgIpc) is 3.55. The largest absolute Gasteiger partial charge is 0.480 e. The average molecular weight is 554 g/mol. The Labute approximate surface area is 232 Å². The van der Waals surface area contributed by atoms with Gasteiger partial charge in [-0.15, -0.1) is 0 Å². The fourth-order valence-corrected chi connectivity index (χ4v) is 4.48. The highest BCUT2D eigenvalue weighted by Crippen LogP contribution is 2.20. The van der Waals surface area contributed by atoms with Gasteiger partial charge in [0.05, 0.1) is 12.4 Å². The summed E-state index contributed by atoms with van der Waals surface area (Å²) in [6.07, 6.45) is 5.35. The number of benzene rings is 1. The number of aromatic nitrogens is 3. The van der Waals surface area contributed by atoms with Gasteiger partial charge >= 0.3 is 5.97 Å². The predicted octanol–water partition coefficient (Wildman–Crippen LogP) is 1.24. The third-order valence-electron chi connectivity index (χ3n) is 6.63. The van der Waals surface area contributed by atoms with E-state index in [4.69, 9.17) is 5.73 Å². The van der Waals surface area contributed by atoms with Crippen LogP contribution in [0, 0.1) is 11.8 Å². The number of H-pyrrole nitrogens is 2. The van der Waals surface area contributed by atoms with Crippen LogP contribution in [0.15, 0.2) is 43.0 Å². The first-order valence-corrected chi connectivity index (χ1v) is 13.4. The van der Waals surface area contributed by atoms with Crippen molar-refractivity contribution in [3.8, 4) is 0 Å². The van der Waals surface area contributed by atoms with Crippen LogP contribution >= 0.6 is 0 Å². The molecule has 0 radical (unpaired) electrons. The highest BCUT2D eigenvalue weighted by molar-refractivity contribution is 5.95. The molecule has 4 atom stereocenters. The molecule has 0 bridgehead atoms. The molecule has 3 amide bonds. The Balaban J connectivity index is 1.80. The van der Waals surface area contributed by atoms with Crippen LogP contribution in [-0.2, 0) is 32.0 Å². The number of carboxylic acids is 1. The summed E-state index contributed by atoms with van der Waals surface area (Å²) in [6.45, 7) is 7.26. The summed E-state index contributed by atoms with van der Waals surface area (Å²) in [5.74, 6) is -3.19. The Hall–Kier alpha value is -4.19. The van der Waals surface area contributed by atoms with Crippen LogP contribution in [0.25, 0.3) is 10.9 Å². The van der Waals surface area contributed by atoms with Gasteiger partial charge in [-0.1, -0.05) is 45.9 Å². The van der Waals surface area contributed by atoms with E-state index < -0.39 is 47.9 Å². The lowest BCUT2D eigenvalue weighted by atomic mass is 9.99. The van der Waals surface area contributed by atoms with Gasteiger partial charge in [0, 0.05) is 41.8 Å². The number of imidazole rings is 1. The molecule has 12 nitrogen and oxygen atoms in total. The number of aliphatic carboxylic acids is 1. The number of hydrogen-bond acceptors (Lipinski definition) is 6. The number of hydrogen-bond donors (Lipinski definition) is 7. The Bertz CT molecular complexity index is 1300. The number of fused-ring (bicyclic) bond motifs is 1. The zero-order valence-corrected chi connectivity index (χ0v) is 23.2. The van der Waals surface area contributed by atoms with Gasteiger partial charge in [0.2, 0.25) is 17.7 Å². The van der Waals surface area contributed by atoms with E-state index in [0.717, 1.165) is 16.5 Å². The first kappa shape index (κ1) is 30.4. The van der Waals surface area contributed by atoms with Gasteiger partial charge in [-0.25, -0.2) is 9.78 Å². The lowest BCUT2D eigenvalue weighted by Crippen LogP contribution is -2.59. The molecular formula is C28H39N7O5. The molecule has 40 heavy (non-hydrogen) atoms. The normalized spacial score (nSPS) is 14.5. The quantitative estimate of drug-likeness (QED) is 0.156. The van der Waals surface area contributed by atoms with Gasteiger partial charge in [0.1, 0.15) is 18.1 Å². The van der Waals surface area contributed by atoms with E-state index in [9.17, 15) is 24.3 Å². The highest BCUT2D eigenvalue weighted by Gasteiger charge is 2.32. The number of carbonyl (C=O) groups is 4. The molecule has 1 aromatic carbocycles. The van der Waals surface area contributed by atoms with Crippen molar-refractivity contribution in [3.05, 3.63) is 54.2 Å². The van der Waals surface area contributed by atoms with Crippen LogP contribution in [0.5, 0.6) is 0 Å². The summed E-state index contributed by atoms with van der Waals surface area (Å²) in [4.78, 5) is 61.5. The molecule has 2 heterocycles. The summed E-state index contributed by atoms with van der Waals surface area (Å²) < 4.78 is 0. The molecule has 8 N–H and O–H groups in total. The van der Waals surface area contributed by atoms with E-state index in [-0.39, 0.29) is 31.1 Å². The van der Waals surface area contributed by atoms with E-state index in [1.807, 2.05) is 38.1 Å². The van der Waals surface area contributed by atoms with Gasteiger partial charge in [-0.2, -0.15) is 0 Å². The van der Waals surface area contributed by atoms with Crippen molar-refractivity contribution in [2.45, 2.75) is 71.1 Å². The number of nitrogens with two attached hydrogens (primary N) is 1. The van der Waals surface area contributed by atoms with Gasteiger partial charge < -0.3 is 36.8 Å². The molecule has 216 valence electrons. The van der Waals surface area contributed by atoms with E-state index in [0.29, 0.717) is 5.69 Å². The number of aromatic amines is 2. The summed E-state index contributed by atoms with van der Waals surface area (Å²) in [7, 11) is 0. The lowest BCUT2D eigenvalue weighted by Gasteiger charge is -2.27. The van der Waals surface area contributed by atoms with Crippen molar-refractivity contribution < 1.29 is 24.3 Å². The molecule has 2 aromatic heterocycles. The first-order valence-electron chi connectivity index (χ1n) is 13.4. The van der Waals surface area contributed by atoms with Crippen molar-refractivity contribution in [1.29, 1.82) is 0 Å². The minimum Gasteiger partial charge on any atom is -0.480 e. The number of amides is 3. The van der Waals surface area contributed by atoms with E-state index in [1.165, 1.54) is 6.33 Å². The highest BCUT2D eigenvalue weighted by atomic mass is 16.4. The second-order valence-corrected chi connectivity index (χ2v) is 10.8. The van der Waals surface area contributed by atoms with Crippen LogP contribution in [0.3, 0.4) is 0 Å². The Kier molecular flexibility index (Phi) is 10.4. The zero-order chi connectivity index (χ0) is 29.4. The molecule has 3 aromatic rings. The van der Waals surface area contributed by atoms with Gasteiger partial charge in [-0.05, 0) is 29.9 Å². The fourth-order valence-electron chi connectivity index (χ4n) is 4.48. The van der Waals surface area contributed by atoms with E-state index >= 15 is 0 Å². The van der Waals surface area contributed by atoms with Crippen molar-refractivity contribution in [1.82, 2.24) is 30.9 Å². The molecule has 12 heteroatoms. The second kappa shape index (κ2) is 13.7. The number of nitrogens with zero attached hydrogens (tertiary/aromatic N) is 1. The minimum atomic E-state index is -1.15. The molecule has 3 rings (SSSR count). The first-order chi connectivity index (χ1) is 19.0. The maximum atomic E-state index is 13.5. The van der Waals surface area contributed by atoms with Crippen molar-refractivity contribution in [3.63, 3.8) is 0 Å². The van der Waals surface area contributed by atoms with Gasteiger partial charge in [0.15, 0.2) is 0 Å². The molecule has 0 fully saturated rings. The predicted molar refractivity (Wildman–Crippen MR) is 150 cm³/mol. The Morgan fingerprint density at radius 2 is 1.62 bits per heavy atom. The maximum absolute atomic E-state index is 13.5. The molecule has 0 aliphatic heterocycles. The van der Waals surface area contributed by atoms with E-state index in [1.54, 1.807) is 26.2 Å². The molecule has 0 unspecified atom stereocenters. The molecule has 0 spiro atoms. The SMILES string of the molecule is CC(C)C[C@H](NC(=O)[C@H](Cc1c[nH]c2ccccc12)NC(=O)[C@@H](NC(=O)[C@@H](N)Cc1cnc[nH]1)C(C)C)C(=O)O. The van der Waals surface area contributed by atoms with E-state index in [2.05, 4.69) is 30.9 Å². The van der Waals surface area contributed by atoms with Crippen molar-refractivity contribution in [2.24, 2.45) is 17.6 Å². The fraction of sp³-hybridized carbons (Fsp3) is 0.464. The van der Waals surface area contributed by atoms with Gasteiger partial charge in [-0.3, -0.25) is 14.4 Å². The van der Waals surface area contributed by atoms with Crippen LogP contribution < -0.4 is 21.7 Å². The van der Waals surface area contributed by atoms with Crippen molar-refractivity contribution >= 4 is 34.6 Å². The number of nitrogens with one attached hydrogen (secondary N) is 5. The Morgan fingerprint density at radius 3 is 2.25 bits per heavy atom. The van der Waals surface area contributed by atoms with Crippen LogP contribution in [0.1, 0.15) is 45.4 Å². The number of para-hydroxylation sites is 1. The summed E-state index contributed by atoms with van der Waals surface area (Å²) in [6, 6.07) is 3.42. The molecule has 0 saturated heterocycles. The summed E-state index contributed by atoms with van der Waals surface area (Å²) in [5, 5.41) is 18.6. The standard InChI is InChI=1S/C28H39N7O5/c1-15(2)9-23(28(39)40)34-26(37)22(10-17-12-31-21-8-6-5-7-19(17)21)33-27(38)24(16(3)4)35-25(36)20(29)11-18-13-30-14-32-18/h5-8,12-16,20,22-24,31H,9-11,29H2,1-4H3,(H,30,32)(H,33,38)(H,34,37)(H,35,36)(H,39,40)/t20-,22-,23-,24-/m0/s1. The zero-order valence-electron chi connectivity index (χ0n) is 23.2. The third-order valence-corrected chi connectivity index (χ3v) is 6.63. The molecule has 0 aliphatic carbocycles. The van der Waals surface area contributed by atoms with Crippen LogP contribution in [0.4, 0.5) is 0 Å². The van der Waals surface area contributed by atoms with Gasteiger partial charge in [0.25, 0.3) is 0 Å². The number of rotatable bonds is 14. The summed E-state index contributed by atoms with van der Waals surface area (Å²) >= 11 is 0. The number of carboxylic acid groups (broad SMARTS) is 1. The maximum Gasteiger partial charge on any atom is 0.326 e. The van der Waals surface area contributed by atoms with Crippen molar-refractivity contribution in [2.75, 3.05) is 0 Å². The van der Waals surface area contributed by atoms with Crippen LogP contribution in [-0.4, -0.2) is 67.9 Å². The summed E-state index contributed by atoms with van der Waals surface area (Å²) in [5.41, 5.74) is 8.38. The molecular weight excluding hydrogens is 514 g/mol. The Morgan fingerprint density at radius 1 is 0.925 bits per heavy atom. The monoisotopic (exact) mass is 553 g/mol. The minimum absolute atomic E-state index is 0.0227. The third kappa shape index (κ3) is 8.15. The van der Waals surface area contributed by atoms with Crippen LogP contribution in [0.2, 0.25) is 0 Å². The number of carbonyl (C=O) groups excluding carboxylic acids is 3. The topological polar surface area (TPSA) is 195 Å². The lowest BCUT2D eigenvalue weighted by molar-refractivity contribution is -0.142. The molecule has 0 saturated carbocycles. The smallest absolute Gasteiger partial charge is 0.326 e. The molecule has 0 aliphatic rings.